The van der Waals surface area contributed by atoms with Crippen LogP contribution >= 0.6 is 0 Å². The first kappa shape index (κ1) is 8.94. The lowest BCUT2D eigenvalue weighted by molar-refractivity contribution is 0.0215. The van der Waals surface area contributed by atoms with Gasteiger partial charge < -0.3 is 10.4 Å². The van der Waals surface area contributed by atoms with Crippen LogP contribution in [-0.4, -0.2) is 30.5 Å². The van der Waals surface area contributed by atoms with E-state index < -0.39 is 5.67 Å². The Kier molecular flexibility index (Phi) is 2.84. The Bertz CT molecular complexity index is 121. The van der Waals surface area contributed by atoms with E-state index >= 15 is 0 Å². The van der Waals surface area contributed by atoms with Gasteiger partial charge in [-0.25, -0.2) is 4.39 Å². The van der Waals surface area contributed by atoms with Crippen molar-refractivity contribution in [3.63, 3.8) is 0 Å². The second-order valence-corrected chi connectivity index (χ2v) is 3.48. The molecule has 1 heterocycles. The van der Waals surface area contributed by atoms with Crippen LogP contribution in [0.1, 0.15) is 19.8 Å². The van der Waals surface area contributed by atoms with E-state index in [1.54, 1.807) is 0 Å². The molecule has 0 aromatic heterocycles. The highest BCUT2D eigenvalue weighted by molar-refractivity contribution is 4.85. The van der Waals surface area contributed by atoms with Crippen molar-refractivity contribution in [2.45, 2.75) is 25.4 Å². The van der Waals surface area contributed by atoms with Crippen molar-refractivity contribution in [2.24, 2.45) is 5.92 Å². The Labute approximate surface area is 66.8 Å². The topological polar surface area (TPSA) is 32.3 Å². The van der Waals surface area contributed by atoms with Crippen LogP contribution in [0.3, 0.4) is 0 Å². The van der Waals surface area contributed by atoms with Gasteiger partial charge in [-0.05, 0) is 26.3 Å². The van der Waals surface area contributed by atoms with Gasteiger partial charge in [0.05, 0.1) is 6.61 Å². The van der Waals surface area contributed by atoms with Gasteiger partial charge in [0.1, 0.15) is 5.67 Å². The second-order valence-electron chi connectivity index (χ2n) is 3.48. The number of nitrogens with one attached hydrogen (secondary N) is 1. The highest BCUT2D eigenvalue weighted by Gasteiger charge is 2.34. The zero-order valence-corrected chi connectivity index (χ0v) is 6.94. The first-order chi connectivity index (χ1) is 5.17. The maximum atomic E-state index is 13.4. The number of alkyl halides is 1. The molecule has 2 N–H and O–H groups in total. The van der Waals surface area contributed by atoms with E-state index in [0.29, 0.717) is 6.54 Å². The van der Waals surface area contributed by atoms with E-state index in [9.17, 15) is 4.39 Å². The third kappa shape index (κ3) is 2.14. The van der Waals surface area contributed by atoms with Gasteiger partial charge in [0, 0.05) is 12.5 Å². The molecule has 0 bridgehead atoms. The largest absolute Gasteiger partial charge is 0.393 e. The Morgan fingerprint density at radius 3 is 2.91 bits per heavy atom. The molecule has 66 valence electrons. The number of piperidine rings is 1. The molecule has 0 aromatic rings. The number of halogens is 1. The molecule has 1 saturated heterocycles. The van der Waals surface area contributed by atoms with Crippen molar-refractivity contribution in [1.82, 2.24) is 5.32 Å². The Balaban J connectivity index is 2.43. The summed E-state index contributed by atoms with van der Waals surface area (Å²) in [5.41, 5.74) is -1.40. The molecule has 1 fully saturated rings. The number of hydrogen-bond donors (Lipinski definition) is 2. The normalized spacial score (nSPS) is 31.4. The monoisotopic (exact) mass is 161 g/mol. The molecule has 0 aliphatic carbocycles. The van der Waals surface area contributed by atoms with Crippen molar-refractivity contribution in [1.29, 1.82) is 0 Å². The second kappa shape index (κ2) is 3.50. The SMILES string of the molecule is C[C@@](F)(CO)[C@H]1CCCNC1. The van der Waals surface area contributed by atoms with Crippen LogP contribution in [0.4, 0.5) is 4.39 Å². The van der Waals surface area contributed by atoms with E-state index in [0.717, 1.165) is 19.4 Å². The fraction of sp³-hybridized carbons (Fsp3) is 1.00. The van der Waals surface area contributed by atoms with E-state index in [-0.39, 0.29) is 12.5 Å². The predicted molar refractivity (Wildman–Crippen MR) is 42.2 cm³/mol. The highest BCUT2D eigenvalue weighted by Crippen LogP contribution is 2.26. The lowest BCUT2D eigenvalue weighted by atomic mass is 9.85. The van der Waals surface area contributed by atoms with Gasteiger partial charge in [-0.15, -0.1) is 0 Å². The minimum Gasteiger partial charge on any atom is -0.393 e. The fourth-order valence-corrected chi connectivity index (χ4v) is 1.49. The van der Waals surface area contributed by atoms with Crippen molar-refractivity contribution >= 4 is 0 Å². The van der Waals surface area contributed by atoms with Gasteiger partial charge >= 0.3 is 0 Å². The average Bonchev–Trinajstić information content (AvgIpc) is 2.06. The molecule has 0 unspecified atom stereocenters. The highest BCUT2D eigenvalue weighted by atomic mass is 19.1. The van der Waals surface area contributed by atoms with Gasteiger partial charge in [-0.1, -0.05) is 0 Å². The molecule has 1 aliphatic rings. The molecular formula is C8H16FNO. The summed E-state index contributed by atoms with van der Waals surface area (Å²) in [5.74, 6) is -0.0127. The van der Waals surface area contributed by atoms with Crippen LogP contribution < -0.4 is 5.32 Å². The van der Waals surface area contributed by atoms with E-state index in [1.807, 2.05) is 0 Å². The molecule has 11 heavy (non-hydrogen) atoms. The van der Waals surface area contributed by atoms with Gasteiger partial charge in [-0.3, -0.25) is 0 Å². The fourth-order valence-electron chi connectivity index (χ4n) is 1.49. The molecule has 0 aromatic carbocycles. The Morgan fingerprint density at radius 2 is 2.45 bits per heavy atom. The molecule has 0 amide bonds. The summed E-state index contributed by atoms with van der Waals surface area (Å²) in [7, 11) is 0. The number of rotatable bonds is 2. The molecular weight excluding hydrogens is 145 g/mol. The summed E-state index contributed by atoms with van der Waals surface area (Å²) < 4.78 is 13.4. The van der Waals surface area contributed by atoms with E-state index in [1.165, 1.54) is 6.92 Å². The third-order valence-electron chi connectivity index (χ3n) is 2.46. The van der Waals surface area contributed by atoms with E-state index in [4.69, 9.17) is 5.11 Å². The van der Waals surface area contributed by atoms with Crippen molar-refractivity contribution in [3.05, 3.63) is 0 Å². The maximum absolute atomic E-state index is 13.4. The van der Waals surface area contributed by atoms with Crippen molar-refractivity contribution in [2.75, 3.05) is 19.7 Å². The van der Waals surface area contributed by atoms with Gasteiger partial charge in [-0.2, -0.15) is 0 Å². The third-order valence-corrected chi connectivity index (χ3v) is 2.46. The molecule has 1 aliphatic heterocycles. The summed E-state index contributed by atoms with van der Waals surface area (Å²) in [6, 6.07) is 0. The van der Waals surface area contributed by atoms with Crippen LogP contribution in [0.25, 0.3) is 0 Å². The Hall–Kier alpha value is -0.150. The predicted octanol–water partition coefficient (Wildman–Crippen LogP) is 0.706. The molecule has 0 radical (unpaired) electrons. The average molecular weight is 161 g/mol. The summed E-state index contributed by atoms with van der Waals surface area (Å²) in [6.45, 7) is 2.80. The minimum absolute atomic E-state index is 0.0127. The molecule has 3 heteroatoms. The van der Waals surface area contributed by atoms with Crippen LogP contribution in [-0.2, 0) is 0 Å². The minimum atomic E-state index is -1.40. The van der Waals surface area contributed by atoms with Crippen LogP contribution in [0.5, 0.6) is 0 Å². The molecule has 2 atom stereocenters. The summed E-state index contributed by atoms with van der Waals surface area (Å²) in [4.78, 5) is 0. The standard InChI is InChI=1S/C8H16FNO/c1-8(9,6-11)7-3-2-4-10-5-7/h7,10-11H,2-6H2,1H3/t7-,8+/m0/s1. The van der Waals surface area contributed by atoms with Gasteiger partial charge in [0.25, 0.3) is 0 Å². The quantitative estimate of drug-likeness (QED) is 0.625. The molecule has 1 rings (SSSR count). The van der Waals surface area contributed by atoms with Crippen LogP contribution in [0.2, 0.25) is 0 Å². The van der Waals surface area contributed by atoms with Crippen LogP contribution in [0, 0.1) is 5.92 Å². The maximum Gasteiger partial charge on any atom is 0.135 e. The molecule has 0 saturated carbocycles. The van der Waals surface area contributed by atoms with E-state index in [2.05, 4.69) is 5.32 Å². The number of hydrogen-bond acceptors (Lipinski definition) is 2. The zero-order chi connectivity index (χ0) is 8.32. The summed E-state index contributed by atoms with van der Waals surface area (Å²) >= 11 is 0. The molecule has 2 nitrogen and oxygen atoms in total. The number of aliphatic hydroxyl groups is 1. The molecule has 0 spiro atoms. The smallest absolute Gasteiger partial charge is 0.135 e. The lowest BCUT2D eigenvalue weighted by Gasteiger charge is -2.32. The first-order valence-corrected chi connectivity index (χ1v) is 4.17. The zero-order valence-electron chi connectivity index (χ0n) is 6.94. The number of aliphatic hydroxyl groups excluding tert-OH is 1. The van der Waals surface area contributed by atoms with Gasteiger partial charge in [0.15, 0.2) is 0 Å². The van der Waals surface area contributed by atoms with Gasteiger partial charge in [0.2, 0.25) is 0 Å². The summed E-state index contributed by atoms with van der Waals surface area (Å²) in [5, 5.41) is 11.9. The first-order valence-electron chi connectivity index (χ1n) is 4.17. The lowest BCUT2D eigenvalue weighted by Crippen LogP contribution is -2.43. The van der Waals surface area contributed by atoms with Crippen LogP contribution in [0.15, 0.2) is 0 Å². The van der Waals surface area contributed by atoms with Crippen molar-refractivity contribution < 1.29 is 9.50 Å². The summed E-state index contributed by atoms with van der Waals surface area (Å²) in [6.07, 6.45) is 1.91. The Morgan fingerprint density at radius 1 is 1.73 bits per heavy atom. The van der Waals surface area contributed by atoms with Crippen molar-refractivity contribution in [3.8, 4) is 0 Å².